The van der Waals surface area contributed by atoms with Gasteiger partial charge in [0.25, 0.3) is 5.91 Å². The number of benzene rings is 3. The Morgan fingerprint density at radius 2 is 1.88 bits per heavy atom. The number of amides is 1. The Labute approximate surface area is 237 Å². The van der Waals surface area contributed by atoms with E-state index in [2.05, 4.69) is 4.98 Å². The minimum Gasteiger partial charge on any atom is -0.489 e. The van der Waals surface area contributed by atoms with Crippen molar-refractivity contribution < 1.29 is 23.5 Å². The minimum absolute atomic E-state index is 0.0899. The molecule has 0 saturated carbocycles. The van der Waals surface area contributed by atoms with Gasteiger partial charge in [0.15, 0.2) is 10.6 Å². The van der Waals surface area contributed by atoms with Gasteiger partial charge in [0.05, 0.1) is 29.8 Å². The van der Waals surface area contributed by atoms with Gasteiger partial charge in [0.1, 0.15) is 22.8 Å². The molecule has 0 saturated heterocycles. The number of aromatic nitrogens is 1. The van der Waals surface area contributed by atoms with Gasteiger partial charge < -0.3 is 13.9 Å². The van der Waals surface area contributed by atoms with Gasteiger partial charge in [-0.05, 0) is 48.4 Å². The van der Waals surface area contributed by atoms with Gasteiger partial charge in [-0.25, -0.2) is 9.78 Å². The lowest BCUT2D eigenvalue weighted by Gasteiger charge is -2.23. The zero-order chi connectivity index (χ0) is 28.0. The van der Waals surface area contributed by atoms with Crippen LogP contribution in [0.3, 0.4) is 0 Å². The summed E-state index contributed by atoms with van der Waals surface area (Å²) in [6, 6.07) is 20.7. The number of carbonyl (C=O) groups excluding carboxylic acids is 2. The van der Waals surface area contributed by atoms with Crippen LogP contribution in [-0.4, -0.2) is 24.0 Å². The Morgan fingerprint density at radius 1 is 1.07 bits per heavy atom. The van der Waals surface area contributed by atoms with Crippen LogP contribution in [0.15, 0.2) is 82.0 Å². The van der Waals surface area contributed by atoms with Crippen LogP contribution < -0.4 is 15.1 Å². The van der Waals surface area contributed by atoms with Gasteiger partial charge in [0, 0.05) is 5.02 Å². The fourth-order valence-electron chi connectivity index (χ4n) is 4.74. The number of aryl methyl sites for hydroxylation is 1. The van der Waals surface area contributed by atoms with Gasteiger partial charge in [-0.2, -0.15) is 0 Å². The first-order valence-corrected chi connectivity index (χ1v) is 13.5. The van der Waals surface area contributed by atoms with Crippen LogP contribution >= 0.6 is 22.9 Å². The number of ether oxygens (including phenoxy) is 2. The maximum Gasteiger partial charge on any atom is 0.350 e. The maximum atomic E-state index is 13.9. The third-order valence-corrected chi connectivity index (χ3v) is 7.99. The zero-order valence-corrected chi connectivity index (χ0v) is 22.9. The molecule has 0 spiro atoms. The number of halogens is 1. The molecule has 10 heteroatoms. The van der Waals surface area contributed by atoms with Crippen molar-refractivity contribution in [2.75, 3.05) is 12.0 Å². The monoisotopic (exact) mass is 572 g/mol. The molecule has 200 valence electrons. The van der Waals surface area contributed by atoms with Gasteiger partial charge in [-0.15, -0.1) is 0 Å². The number of fused-ring (bicyclic) bond motifs is 2. The van der Waals surface area contributed by atoms with Crippen molar-refractivity contribution in [3.05, 3.63) is 121 Å². The predicted octanol–water partition coefficient (Wildman–Crippen LogP) is 6.33. The van der Waals surface area contributed by atoms with E-state index < -0.39 is 17.9 Å². The van der Waals surface area contributed by atoms with Gasteiger partial charge >= 0.3 is 5.97 Å². The third kappa shape index (κ3) is 4.43. The van der Waals surface area contributed by atoms with E-state index in [1.807, 2.05) is 30.3 Å². The third-order valence-electron chi connectivity index (χ3n) is 6.62. The van der Waals surface area contributed by atoms with Gasteiger partial charge in [0.2, 0.25) is 5.76 Å². The smallest absolute Gasteiger partial charge is 0.350 e. The van der Waals surface area contributed by atoms with E-state index in [0.29, 0.717) is 28.6 Å². The number of esters is 1. The minimum atomic E-state index is -0.890. The second-order valence-electron chi connectivity index (χ2n) is 9.14. The van der Waals surface area contributed by atoms with Crippen LogP contribution in [0.4, 0.5) is 5.13 Å². The van der Waals surface area contributed by atoms with E-state index in [1.54, 1.807) is 43.3 Å². The van der Waals surface area contributed by atoms with Crippen LogP contribution in [-0.2, 0) is 11.3 Å². The van der Waals surface area contributed by atoms with E-state index in [1.165, 1.54) is 18.1 Å². The lowest BCUT2D eigenvalue weighted by molar-refractivity contribution is 0.0605. The quantitative estimate of drug-likeness (QED) is 0.219. The van der Waals surface area contributed by atoms with Crippen LogP contribution in [0.2, 0.25) is 5.02 Å². The summed E-state index contributed by atoms with van der Waals surface area (Å²) in [4.78, 5) is 46.3. The van der Waals surface area contributed by atoms with E-state index in [9.17, 15) is 14.4 Å². The van der Waals surface area contributed by atoms with Crippen molar-refractivity contribution in [1.82, 2.24) is 4.98 Å². The highest BCUT2D eigenvalue weighted by Crippen LogP contribution is 2.44. The molecule has 40 heavy (non-hydrogen) atoms. The second-order valence-corrected chi connectivity index (χ2v) is 10.6. The number of nitrogens with zero attached hydrogens (tertiary/aromatic N) is 2. The number of rotatable bonds is 6. The van der Waals surface area contributed by atoms with Crippen molar-refractivity contribution >= 4 is 50.9 Å². The molecular weight excluding hydrogens is 552 g/mol. The van der Waals surface area contributed by atoms with Crippen LogP contribution in [0, 0.1) is 6.92 Å². The highest BCUT2D eigenvalue weighted by atomic mass is 35.5. The highest BCUT2D eigenvalue weighted by molar-refractivity contribution is 7.17. The first kappa shape index (κ1) is 25.8. The predicted molar refractivity (Wildman–Crippen MR) is 152 cm³/mol. The molecule has 2 aromatic heterocycles. The van der Waals surface area contributed by atoms with Crippen molar-refractivity contribution in [2.24, 2.45) is 0 Å². The highest BCUT2D eigenvalue weighted by Gasteiger charge is 2.45. The number of carbonyl (C=O) groups is 2. The fraction of sp³-hybridized carbons (Fsp3) is 0.133. The molecule has 0 radical (unpaired) electrons. The summed E-state index contributed by atoms with van der Waals surface area (Å²) >= 11 is 7.20. The lowest BCUT2D eigenvalue weighted by atomic mass is 9.98. The molecule has 8 nitrogen and oxygen atoms in total. The summed E-state index contributed by atoms with van der Waals surface area (Å²) in [5.41, 5.74) is 2.04. The summed E-state index contributed by atoms with van der Waals surface area (Å²) in [5.74, 6) is -0.642. The zero-order valence-electron chi connectivity index (χ0n) is 21.3. The molecule has 1 aliphatic heterocycles. The van der Waals surface area contributed by atoms with Crippen LogP contribution in [0.25, 0.3) is 11.0 Å². The van der Waals surface area contributed by atoms with Crippen molar-refractivity contribution in [3.63, 3.8) is 0 Å². The van der Waals surface area contributed by atoms with E-state index in [4.69, 9.17) is 25.5 Å². The Balaban J connectivity index is 1.50. The molecule has 0 bridgehead atoms. The largest absolute Gasteiger partial charge is 0.489 e. The average molecular weight is 573 g/mol. The second kappa shape index (κ2) is 10.3. The molecule has 5 aromatic rings. The number of methoxy groups -OCH3 is 1. The lowest BCUT2D eigenvalue weighted by Crippen LogP contribution is -2.29. The summed E-state index contributed by atoms with van der Waals surface area (Å²) in [6.45, 7) is 2.00. The summed E-state index contributed by atoms with van der Waals surface area (Å²) in [6.07, 6.45) is 0. The Hall–Kier alpha value is -4.47. The summed E-state index contributed by atoms with van der Waals surface area (Å²) in [7, 11) is 1.28. The standard InChI is InChI=1S/C30H21ClN2O6S/c1-16-27(29(36)37-2)40-30(32-16)33-24(18-9-6-10-20(13-18)38-15-17-7-4-3-5-8-17)23-25(34)21-14-19(31)11-12-22(21)39-26(23)28(33)35/h3-14,24H,15H2,1-2H3. The number of hydrogen-bond donors (Lipinski definition) is 0. The van der Waals surface area contributed by atoms with E-state index in [-0.39, 0.29) is 37.7 Å². The molecule has 0 N–H and O–H groups in total. The number of hydrogen-bond acceptors (Lipinski definition) is 8. The number of thiazole rings is 1. The van der Waals surface area contributed by atoms with Crippen molar-refractivity contribution in [3.8, 4) is 5.75 Å². The Kier molecular flexibility index (Phi) is 6.61. The molecule has 3 heterocycles. The summed E-state index contributed by atoms with van der Waals surface area (Å²) < 4.78 is 16.9. The first-order valence-electron chi connectivity index (χ1n) is 12.3. The Bertz CT molecular complexity index is 1850. The topological polar surface area (TPSA) is 98.9 Å². The fourth-order valence-corrected chi connectivity index (χ4v) is 5.92. The van der Waals surface area contributed by atoms with Gasteiger partial charge in [-0.3, -0.25) is 14.5 Å². The first-order chi connectivity index (χ1) is 19.4. The van der Waals surface area contributed by atoms with Crippen LogP contribution in [0.1, 0.15) is 48.7 Å². The van der Waals surface area contributed by atoms with Gasteiger partial charge in [-0.1, -0.05) is 65.4 Å². The SMILES string of the molecule is COC(=O)c1sc(N2C(=O)c3oc4ccc(Cl)cc4c(=O)c3C2c2cccc(OCc3ccccc3)c2)nc1C. The molecule has 1 unspecified atom stereocenters. The number of anilines is 1. The molecule has 0 fully saturated rings. The van der Waals surface area contributed by atoms with E-state index >= 15 is 0 Å². The molecule has 1 amide bonds. The maximum absolute atomic E-state index is 13.9. The molecule has 6 rings (SSSR count). The normalized spacial score (nSPS) is 14.4. The molecule has 0 aliphatic carbocycles. The van der Waals surface area contributed by atoms with Crippen molar-refractivity contribution in [1.29, 1.82) is 0 Å². The summed E-state index contributed by atoms with van der Waals surface area (Å²) in [5, 5.41) is 0.858. The molecule has 3 aromatic carbocycles. The average Bonchev–Trinajstić information content (AvgIpc) is 3.49. The van der Waals surface area contributed by atoms with E-state index in [0.717, 1.165) is 16.9 Å². The van der Waals surface area contributed by atoms with Crippen molar-refractivity contribution in [2.45, 2.75) is 19.6 Å². The van der Waals surface area contributed by atoms with Crippen LogP contribution in [0.5, 0.6) is 5.75 Å². The Morgan fingerprint density at radius 3 is 2.65 bits per heavy atom. The molecule has 1 atom stereocenters. The molecular formula is C30H21ClN2O6S. The molecule has 1 aliphatic rings.